The molecule has 0 amide bonds. The van der Waals surface area contributed by atoms with Crippen LogP contribution in [0, 0.1) is 12.3 Å². The Balaban J connectivity index is 3.06. The number of aromatic nitrogens is 1. The van der Waals surface area contributed by atoms with Crippen molar-refractivity contribution < 1.29 is 0 Å². The minimum Gasteiger partial charge on any atom is -0.315 e. The van der Waals surface area contributed by atoms with Gasteiger partial charge in [-0.2, -0.15) is 0 Å². The molecule has 1 aromatic heterocycles. The summed E-state index contributed by atoms with van der Waals surface area (Å²) in [7, 11) is 1.79. The van der Waals surface area contributed by atoms with Crippen LogP contribution in [0.25, 0.3) is 0 Å². The minimum absolute atomic E-state index is 0.607. The number of hydrogen-bond donors (Lipinski definition) is 1. The molecule has 1 rings (SSSR count). The highest BCUT2D eigenvalue weighted by molar-refractivity contribution is 6.08. The summed E-state index contributed by atoms with van der Waals surface area (Å²) in [6.07, 6.45) is 16.5. The summed E-state index contributed by atoms with van der Waals surface area (Å²) in [4.78, 5) is 8.50. The van der Waals surface area contributed by atoms with E-state index in [0.29, 0.717) is 6.42 Å². The molecule has 3 nitrogen and oxygen atoms in total. The summed E-state index contributed by atoms with van der Waals surface area (Å²) in [5.41, 5.74) is 8.56. The van der Waals surface area contributed by atoms with Crippen molar-refractivity contribution >= 4 is 5.71 Å². The lowest BCUT2D eigenvalue weighted by Crippen LogP contribution is -2.33. The first-order chi connectivity index (χ1) is 10.0. The smallest absolute Gasteiger partial charge is 0.0779 e. The molecule has 1 aromatic rings. The molecule has 21 heavy (non-hydrogen) atoms. The molecule has 0 fully saturated rings. The molecule has 0 aliphatic rings. The van der Waals surface area contributed by atoms with Gasteiger partial charge in [0.1, 0.15) is 0 Å². The highest BCUT2D eigenvalue weighted by Gasteiger charge is 2.14. The molecular formula is C18H23N3. The average Bonchev–Trinajstić information content (AvgIpc) is 2.50. The fourth-order valence-corrected chi connectivity index (χ4v) is 1.87. The van der Waals surface area contributed by atoms with Crippen LogP contribution in [0.3, 0.4) is 0 Å². The van der Waals surface area contributed by atoms with E-state index >= 15 is 0 Å². The van der Waals surface area contributed by atoms with Crippen molar-refractivity contribution in [1.82, 2.24) is 4.98 Å². The highest BCUT2D eigenvalue weighted by atomic mass is 14.7. The predicted octanol–water partition coefficient (Wildman–Crippen LogP) is 2.94. The van der Waals surface area contributed by atoms with E-state index in [1.165, 1.54) is 0 Å². The number of nitrogens with two attached hydrogens (primary N) is 1. The van der Waals surface area contributed by atoms with Crippen molar-refractivity contribution in [1.29, 1.82) is 0 Å². The first-order valence-corrected chi connectivity index (χ1v) is 6.97. The van der Waals surface area contributed by atoms with Gasteiger partial charge in [0.2, 0.25) is 0 Å². The van der Waals surface area contributed by atoms with Crippen LogP contribution in [-0.4, -0.2) is 23.3 Å². The Morgan fingerprint density at radius 3 is 2.86 bits per heavy atom. The number of hydrogen-bond acceptors (Lipinski definition) is 3. The minimum atomic E-state index is -0.644. The van der Waals surface area contributed by atoms with Gasteiger partial charge in [-0.25, -0.2) is 0 Å². The molecule has 0 aliphatic heterocycles. The van der Waals surface area contributed by atoms with Gasteiger partial charge in [-0.3, -0.25) is 9.98 Å². The van der Waals surface area contributed by atoms with Gasteiger partial charge in [-0.1, -0.05) is 24.1 Å². The number of allylic oxidation sites excluding steroid dienone is 3. The van der Waals surface area contributed by atoms with Crippen molar-refractivity contribution in [2.45, 2.75) is 32.2 Å². The van der Waals surface area contributed by atoms with Crippen LogP contribution in [0.4, 0.5) is 0 Å². The second-order valence-corrected chi connectivity index (χ2v) is 5.14. The van der Waals surface area contributed by atoms with Crippen molar-refractivity contribution in [2.24, 2.45) is 10.7 Å². The van der Waals surface area contributed by atoms with Crippen LogP contribution in [0.2, 0.25) is 0 Å². The van der Waals surface area contributed by atoms with Crippen LogP contribution in [0.15, 0.2) is 53.3 Å². The largest absolute Gasteiger partial charge is 0.315 e. The Labute approximate surface area is 127 Å². The molecule has 1 atom stereocenters. The molecule has 0 aromatic carbocycles. The predicted molar refractivity (Wildman–Crippen MR) is 90.2 cm³/mol. The molecule has 0 spiro atoms. The van der Waals surface area contributed by atoms with E-state index in [0.717, 1.165) is 23.3 Å². The van der Waals surface area contributed by atoms with E-state index in [1.807, 2.05) is 44.3 Å². The lowest BCUT2D eigenvalue weighted by Gasteiger charge is -2.16. The molecule has 3 heteroatoms. The van der Waals surface area contributed by atoms with Crippen LogP contribution in [-0.2, 0) is 6.42 Å². The second-order valence-electron chi connectivity index (χ2n) is 5.14. The zero-order valence-electron chi connectivity index (χ0n) is 13.0. The Morgan fingerprint density at radius 1 is 1.57 bits per heavy atom. The SMILES string of the molecule is C#CC(C)(N)C/C=C(\Cc1cccnc1)C(/C=C\C)=NC. The highest BCUT2D eigenvalue weighted by Crippen LogP contribution is 2.14. The van der Waals surface area contributed by atoms with Gasteiger partial charge in [-0.05, 0) is 43.5 Å². The first kappa shape index (κ1) is 16.9. The molecule has 1 heterocycles. The molecule has 0 saturated carbocycles. The van der Waals surface area contributed by atoms with Crippen molar-refractivity contribution in [3.05, 3.63) is 53.9 Å². The van der Waals surface area contributed by atoms with E-state index in [4.69, 9.17) is 12.2 Å². The van der Waals surface area contributed by atoms with Crippen molar-refractivity contribution in [2.75, 3.05) is 7.05 Å². The number of aliphatic imine (C=N–C) groups is 1. The van der Waals surface area contributed by atoms with Gasteiger partial charge in [0.15, 0.2) is 0 Å². The van der Waals surface area contributed by atoms with E-state index < -0.39 is 5.54 Å². The maximum Gasteiger partial charge on any atom is 0.0779 e. The maximum absolute atomic E-state index is 6.02. The molecule has 0 saturated heterocycles. The maximum atomic E-state index is 6.02. The topological polar surface area (TPSA) is 51.3 Å². The summed E-state index contributed by atoms with van der Waals surface area (Å²) < 4.78 is 0. The molecule has 0 bridgehead atoms. The van der Waals surface area contributed by atoms with Gasteiger partial charge in [0.05, 0.1) is 11.3 Å². The van der Waals surface area contributed by atoms with Gasteiger partial charge in [0, 0.05) is 25.9 Å². The van der Waals surface area contributed by atoms with Crippen molar-refractivity contribution in [3.8, 4) is 12.3 Å². The fourth-order valence-electron chi connectivity index (χ4n) is 1.87. The average molecular weight is 281 g/mol. The molecule has 1 unspecified atom stereocenters. The summed E-state index contributed by atoms with van der Waals surface area (Å²) in [6, 6.07) is 3.98. The standard InChI is InChI=1S/C18H23N3/c1-5-8-17(20-4)16(10-11-18(3,19)6-2)13-15-9-7-12-21-14-15/h2,5,7-10,12,14H,11,13,19H2,1,3-4H3/b8-5-,16-10+,20-17?. The fraction of sp³-hybridized carbons (Fsp3) is 0.333. The van der Waals surface area contributed by atoms with Crippen LogP contribution in [0.5, 0.6) is 0 Å². The lowest BCUT2D eigenvalue weighted by molar-refractivity contribution is 0.617. The third-order valence-corrected chi connectivity index (χ3v) is 3.11. The zero-order valence-corrected chi connectivity index (χ0v) is 13.0. The molecule has 0 aliphatic carbocycles. The summed E-state index contributed by atoms with van der Waals surface area (Å²) >= 11 is 0. The molecule has 110 valence electrons. The summed E-state index contributed by atoms with van der Waals surface area (Å²) in [5, 5.41) is 0. The Hall–Kier alpha value is -2.18. The number of terminal acetylenes is 1. The monoisotopic (exact) mass is 281 g/mol. The van der Waals surface area contributed by atoms with E-state index in [2.05, 4.69) is 22.0 Å². The van der Waals surface area contributed by atoms with Gasteiger partial charge < -0.3 is 5.73 Å². The van der Waals surface area contributed by atoms with Gasteiger partial charge in [0.25, 0.3) is 0 Å². The van der Waals surface area contributed by atoms with E-state index in [-0.39, 0.29) is 0 Å². The Kier molecular flexibility index (Phi) is 6.58. The second kappa shape index (κ2) is 8.18. The number of nitrogens with zero attached hydrogens (tertiary/aromatic N) is 2. The Bertz CT molecular complexity index is 572. The van der Waals surface area contributed by atoms with E-state index in [1.54, 1.807) is 13.2 Å². The molecule has 2 N–H and O–H groups in total. The zero-order chi connectivity index (χ0) is 15.7. The third-order valence-electron chi connectivity index (χ3n) is 3.11. The lowest BCUT2D eigenvalue weighted by atomic mass is 9.94. The van der Waals surface area contributed by atoms with Gasteiger partial charge >= 0.3 is 0 Å². The quantitative estimate of drug-likeness (QED) is 0.644. The Morgan fingerprint density at radius 2 is 2.33 bits per heavy atom. The van der Waals surface area contributed by atoms with E-state index in [9.17, 15) is 0 Å². The third kappa shape index (κ3) is 5.76. The summed E-state index contributed by atoms with van der Waals surface area (Å²) in [6.45, 7) is 3.82. The normalized spacial score (nSPS) is 15.8. The number of pyridine rings is 1. The van der Waals surface area contributed by atoms with Crippen molar-refractivity contribution in [3.63, 3.8) is 0 Å². The first-order valence-electron chi connectivity index (χ1n) is 6.97. The van der Waals surface area contributed by atoms with Crippen LogP contribution >= 0.6 is 0 Å². The molecular weight excluding hydrogens is 258 g/mol. The van der Waals surface area contributed by atoms with Gasteiger partial charge in [-0.15, -0.1) is 6.42 Å². The summed E-state index contributed by atoms with van der Waals surface area (Å²) in [5.74, 6) is 2.61. The number of rotatable bonds is 6. The molecule has 0 radical (unpaired) electrons. The van der Waals surface area contributed by atoms with Crippen LogP contribution < -0.4 is 5.73 Å². The van der Waals surface area contributed by atoms with Crippen LogP contribution in [0.1, 0.15) is 25.8 Å².